The van der Waals surface area contributed by atoms with Crippen molar-refractivity contribution in [3.05, 3.63) is 0 Å². The Labute approximate surface area is 114 Å². The lowest BCUT2D eigenvalue weighted by molar-refractivity contribution is -0.138. The molecule has 2 aliphatic heterocycles. The molecule has 0 aromatic rings. The lowest BCUT2D eigenvalue weighted by atomic mass is 9.98. The molecule has 2 rings (SSSR count). The van der Waals surface area contributed by atoms with Gasteiger partial charge in [-0.3, -0.25) is 4.79 Å². The van der Waals surface area contributed by atoms with E-state index >= 15 is 0 Å². The van der Waals surface area contributed by atoms with Gasteiger partial charge in [-0.1, -0.05) is 0 Å². The number of likely N-dealkylation sites (tertiary alicyclic amines) is 1. The third kappa shape index (κ3) is 3.27. The maximum atomic E-state index is 12.4. The minimum Gasteiger partial charge on any atom is -0.394 e. The minimum atomic E-state index is -3.22. The average molecular weight is 290 g/mol. The monoisotopic (exact) mass is 290 g/mol. The first kappa shape index (κ1) is 14.7. The van der Waals surface area contributed by atoms with Crippen molar-refractivity contribution in [2.75, 3.05) is 32.5 Å². The third-order valence-electron chi connectivity index (χ3n) is 4.07. The Kier molecular flexibility index (Phi) is 4.47. The van der Waals surface area contributed by atoms with Gasteiger partial charge in [-0.25, -0.2) is 12.7 Å². The minimum absolute atomic E-state index is 0.00454. The molecule has 2 saturated heterocycles. The fraction of sp³-hybridized carbons (Fsp3) is 0.917. The van der Waals surface area contributed by atoms with E-state index in [0.717, 1.165) is 25.7 Å². The molecule has 0 bridgehead atoms. The van der Waals surface area contributed by atoms with Crippen molar-refractivity contribution in [2.24, 2.45) is 5.92 Å². The zero-order valence-corrected chi connectivity index (χ0v) is 12.1. The van der Waals surface area contributed by atoms with Crippen molar-refractivity contribution in [3.63, 3.8) is 0 Å². The highest BCUT2D eigenvalue weighted by atomic mass is 32.2. The molecule has 0 aliphatic carbocycles. The number of rotatable bonds is 3. The Hall–Kier alpha value is -0.660. The van der Waals surface area contributed by atoms with Crippen LogP contribution in [0.1, 0.15) is 25.7 Å². The standard InChI is InChI=1S/C12H22N2O4S/c1-19(17,18)13-6-2-4-10(8-13)12(16)14-7-3-5-11(14)9-15/h10-11,15H,2-9H2,1H3/t10?,11-/m1/s1. The molecule has 6 nitrogen and oxygen atoms in total. The van der Waals surface area contributed by atoms with Crippen LogP contribution in [0.25, 0.3) is 0 Å². The van der Waals surface area contributed by atoms with Crippen LogP contribution in [0.2, 0.25) is 0 Å². The second-order valence-corrected chi connectivity index (χ2v) is 7.45. The van der Waals surface area contributed by atoms with E-state index in [1.165, 1.54) is 10.6 Å². The average Bonchev–Trinajstić information content (AvgIpc) is 2.85. The van der Waals surface area contributed by atoms with Gasteiger partial charge in [-0.2, -0.15) is 0 Å². The van der Waals surface area contributed by atoms with E-state index in [4.69, 9.17) is 0 Å². The molecule has 0 aromatic carbocycles. The number of carbonyl (C=O) groups excluding carboxylic acids is 1. The number of aliphatic hydroxyl groups is 1. The molecular weight excluding hydrogens is 268 g/mol. The lowest BCUT2D eigenvalue weighted by Crippen LogP contribution is -2.48. The maximum Gasteiger partial charge on any atom is 0.227 e. The van der Waals surface area contributed by atoms with Crippen molar-refractivity contribution >= 4 is 15.9 Å². The number of sulfonamides is 1. The van der Waals surface area contributed by atoms with Crippen LogP contribution < -0.4 is 0 Å². The molecule has 7 heteroatoms. The van der Waals surface area contributed by atoms with E-state index in [9.17, 15) is 18.3 Å². The van der Waals surface area contributed by atoms with E-state index in [1.54, 1.807) is 4.90 Å². The van der Waals surface area contributed by atoms with Crippen molar-refractivity contribution in [1.82, 2.24) is 9.21 Å². The summed E-state index contributed by atoms with van der Waals surface area (Å²) >= 11 is 0. The molecule has 0 saturated carbocycles. The fourth-order valence-corrected chi connectivity index (χ4v) is 3.91. The molecular formula is C12H22N2O4S. The van der Waals surface area contributed by atoms with E-state index in [2.05, 4.69) is 0 Å². The van der Waals surface area contributed by atoms with Gasteiger partial charge in [-0.15, -0.1) is 0 Å². The molecule has 0 aromatic heterocycles. The molecule has 110 valence electrons. The molecule has 1 unspecified atom stereocenters. The summed E-state index contributed by atoms with van der Waals surface area (Å²) in [5.41, 5.74) is 0. The van der Waals surface area contributed by atoms with Crippen LogP contribution in [-0.4, -0.2) is 67.2 Å². The van der Waals surface area contributed by atoms with E-state index in [1.807, 2.05) is 0 Å². The smallest absolute Gasteiger partial charge is 0.227 e. The number of amides is 1. The Morgan fingerprint density at radius 2 is 1.95 bits per heavy atom. The van der Waals surface area contributed by atoms with Crippen LogP contribution in [0.3, 0.4) is 0 Å². The molecule has 1 amide bonds. The van der Waals surface area contributed by atoms with Crippen LogP contribution in [-0.2, 0) is 14.8 Å². The number of nitrogens with zero attached hydrogens (tertiary/aromatic N) is 2. The summed E-state index contributed by atoms with van der Waals surface area (Å²) in [6.45, 7) is 1.46. The molecule has 0 spiro atoms. The predicted molar refractivity (Wildman–Crippen MR) is 71.0 cm³/mol. The van der Waals surface area contributed by atoms with E-state index in [-0.39, 0.29) is 31.0 Å². The first-order valence-electron chi connectivity index (χ1n) is 6.80. The summed E-state index contributed by atoms with van der Waals surface area (Å²) in [7, 11) is -3.22. The number of carbonyl (C=O) groups is 1. The van der Waals surface area contributed by atoms with Crippen LogP contribution in [0, 0.1) is 5.92 Å². The van der Waals surface area contributed by atoms with Crippen LogP contribution >= 0.6 is 0 Å². The zero-order chi connectivity index (χ0) is 14.0. The number of aliphatic hydroxyl groups excluding tert-OH is 1. The zero-order valence-electron chi connectivity index (χ0n) is 11.3. The first-order valence-corrected chi connectivity index (χ1v) is 8.64. The third-order valence-corrected chi connectivity index (χ3v) is 5.34. The summed E-state index contributed by atoms with van der Waals surface area (Å²) in [6.07, 6.45) is 4.40. The van der Waals surface area contributed by atoms with Crippen molar-refractivity contribution in [2.45, 2.75) is 31.7 Å². The molecule has 2 aliphatic rings. The van der Waals surface area contributed by atoms with Crippen LogP contribution in [0.15, 0.2) is 0 Å². The van der Waals surface area contributed by atoms with Gasteiger partial charge in [0.1, 0.15) is 0 Å². The van der Waals surface area contributed by atoms with Gasteiger partial charge in [0.25, 0.3) is 0 Å². The second kappa shape index (κ2) is 5.76. The molecule has 1 N–H and O–H groups in total. The summed E-state index contributed by atoms with van der Waals surface area (Å²) in [5.74, 6) is -0.250. The van der Waals surface area contributed by atoms with Gasteiger partial charge in [0, 0.05) is 19.6 Å². The second-order valence-electron chi connectivity index (χ2n) is 5.47. The topological polar surface area (TPSA) is 77.9 Å². The summed E-state index contributed by atoms with van der Waals surface area (Å²) in [4.78, 5) is 14.2. The van der Waals surface area contributed by atoms with Crippen molar-refractivity contribution < 1.29 is 18.3 Å². The molecule has 2 fully saturated rings. The fourth-order valence-electron chi connectivity index (χ4n) is 3.00. The van der Waals surface area contributed by atoms with Crippen molar-refractivity contribution in [3.8, 4) is 0 Å². The number of piperidine rings is 1. The van der Waals surface area contributed by atoms with E-state index < -0.39 is 10.0 Å². The normalized spacial score (nSPS) is 29.7. The number of hydrogen-bond donors (Lipinski definition) is 1. The van der Waals surface area contributed by atoms with Crippen LogP contribution in [0.5, 0.6) is 0 Å². The Morgan fingerprint density at radius 1 is 1.26 bits per heavy atom. The Morgan fingerprint density at radius 3 is 2.58 bits per heavy atom. The highest BCUT2D eigenvalue weighted by molar-refractivity contribution is 7.88. The summed E-state index contributed by atoms with van der Waals surface area (Å²) in [5, 5.41) is 9.26. The molecule has 19 heavy (non-hydrogen) atoms. The highest BCUT2D eigenvalue weighted by Crippen LogP contribution is 2.25. The largest absolute Gasteiger partial charge is 0.394 e. The predicted octanol–water partition coefficient (Wildman–Crippen LogP) is -0.359. The van der Waals surface area contributed by atoms with Crippen LogP contribution in [0.4, 0.5) is 0 Å². The molecule has 2 atom stereocenters. The number of hydrogen-bond acceptors (Lipinski definition) is 4. The summed E-state index contributed by atoms with van der Waals surface area (Å²) < 4.78 is 24.5. The van der Waals surface area contributed by atoms with Gasteiger partial charge in [0.05, 0.1) is 24.8 Å². The molecule has 2 heterocycles. The van der Waals surface area contributed by atoms with Gasteiger partial charge in [-0.05, 0) is 25.7 Å². The van der Waals surface area contributed by atoms with Gasteiger partial charge >= 0.3 is 0 Å². The van der Waals surface area contributed by atoms with Crippen molar-refractivity contribution in [1.29, 1.82) is 0 Å². The van der Waals surface area contributed by atoms with E-state index in [0.29, 0.717) is 13.1 Å². The Balaban J connectivity index is 2.03. The van der Waals surface area contributed by atoms with Gasteiger partial charge < -0.3 is 10.0 Å². The molecule has 0 radical (unpaired) electrons. The lowest BCUT2D eigenvalue weighted by Gasteiger charge is -2.34. The quantitative estimate of drug-likeness (QED) is 0.770. The maximum absolute atomic E-state index is 12.4. The first-order chi connectivity index (χ1) is 8.93. The summed E-state index contributed by atoms with van der Waals surface area (Å²) in [6, 6.07) is -0.0823. The highest BCUT2D eigenvalue weighted by Gasteiger charge is 2.36. The SMILES string of the molecule is CS(=O)(=O)N1CCCC(C(=O)N2CCC[C@@H]2CO)C1. The Bertz CT molecular complexity index is 437. The van der Waals surface area contributed by atoms with Gasteiger partial charge in [0.2, 0.25) is 15.9 Å². The van der Waals surface area contributed by atoms with Gasteiger partial charge in [0.15, 0.2) is 0 Å².